The third-order valence-corrected chi connectivity index (χ3v) is 4.28. The van der Waals surface area contributed by atoms with Gasteiger partial charge >= 0.3 is 0 Å². The molecular weight excluding hydrogens is 344 g/mol. The van der Waals surface area contributed by atoms with Crippen molar-refractivity contribution in [3.05, 3.63) is 42.0 Å². The number of ether oxygens (including phenoxy) is 3. The first-order chi connectivity index (χ1) is 12.9. The maximum Gasteiger partial charge on any atom is 0.246 e. The van der Waals surface area contributed by atoms with Crippen molar-refractivity contribution in [2.75, 3.05) is 32.0 Å². The predicted molar refractivity (Wildman–Crippen MR) is 108 cm³/mol. The summed E-state index contributed by atoms with van der Waals surface area (Å²) in [6.07, 6.45) is 0. The number of anilines is 2. The van der Waals surface area contributed by atoms with Crippen LogP contribution in [0, 0.1) is 0 Å². The molecule has 0 radical (unpaired) electrons. The second kappa shape index (κ2) is 9.16. The van der Waals surface area contributed by atoms with Gasteiger partial charge in [0.2, 0.25) is 11.7 Å². The van der Waals surface area contributed by atoms with Crippen LogP contribution < -0.4 is 24.8 Å². The normalized spacial score (nSPS) is 11.7. The van der Waals surface area contributed by atoms with E-state index in [1.807, 2.05) is 24.3 Å². The molecular formula is C21H28N2O4. The van der Waals surface area contributed by atoms with Crippen molar-refractivity contribution in [2.45, 2.75) is 32.7 Å². The van der Waals surface area contributed by atoms with Crippen molar-refractivity contribution in [3.63, 3.8) is 0 Å². The average Bonchev–Trinajstić information content (AvgIpc) is 2.67. The van der Waals surface area contributed by atoms with Crippen LogP contribution in [0.25, 0.3) is 0 Å². The van der Waals surface area contributed by atoms with Crippen molar-refractivity contribution in [3.8, 4) is 17.2 Å². The van der Waals surface area contributed by atoms with Crippen LogP contribution in [0.15, 0.2) is 36.4 Å². The van der Waals surface area contributed by atoms with Crippen LogP contribution in [0.1, 0.15) is 32.3 Å². The van der Waals surface area contributed by atoms with Gasteiger partial charge < -0.3 is 24.8 Å². The fourth-order valence-electron chi connectivity index (χ4n) is 2.84. The number of hydrogen-bond acceptors (Lipinski definition) is 5. The Morgan fingerprint density at radius 2 is 1.52 bits per heavy atom. The molecule has 2 N–H and O–H groups in total. The lowest BCUT2D eigenvalue weighted by molar-refractivity contribution is -0.116. The number of carbonyl (C=O) groups excluding carboxylic acids is 1. The van der Waals surface area contributed by atoms with E-state index in [0.29, 0.717) is 28.9 Å². The topological polar surface area (TPSA) is 68.8 Å². The predicted octanol–water partition coefficient (Wildman–Crippen LogP) is 4.27. The molecule has 0 bridgehead atoms. The second-order valence-corrected chi connectivity index (χ2v) is 6.51. The Balaban J connectivity index is 2.17. The summed E-state index contributed by atoms with van der Waals surface area (Å²) < 4.78 is 16.0. The van der Waals surface area contributed by atoms with Gasteiger partial charge in [0, 0.05) is 23.5 Å². The number of para-hydroxylation sites is 1. The molecule has 6 nitrogen and oxygen atoms in total. The number of benzene rings is 2. The summed E-state index contributed by atoms with van der Waals surface area (Å²) in [6.45, 7) is 6.00. The maximum atomic E-state index is 12.7. The van der Waals surface area contributed by atoms with Crippen molar-refractivity contribution in [1.82, 2.24) is 0 Å². The molecule has 0 saturated carbocycles. The van der Waals surface area contributed by atoms with E-state index in [2.05, 4.69) is 24.5 Å². The number of amides is 1. The number of hydrogen-bond donors (Lipinski definition) is 2. The van der Waals surface area contributed by atoms with Crippen LogP contribution in [0.3, 0.4) is 0 Å². The van der Waals surface area contributed by atoms with E-state index >= 15 is 0 Å². The molecule has 1 amide bonds. The zero-order chi connectivity index (χ0) is 20.0. The summed E-state index contributed by atoms with van der Waals surface area (Å²) in [5.74, 6) is 1.75. The Labute approximate surface area is 160 Å². The van der Waals surface area contributed by atoms with Crippen LogP contribution in [-0.4, -0.2) is 33.3 Å². The molecule has 6 heteroatoms. The highest BCUT2D eigenvalue weighted by molar-refractivity contribution is 5.97. The number of carbonyl (C=O) groups is 1. The molecule has 146 valence electrons. The van der Waals surface area contributed by atoms with Gasteiger partial charge in [-0.1, -0.05) is 32.0 Å². The smallest absolute Gasteiger partial charge is 0.246 e. The van der Waals surface area contributed by atoms with Gasteiger partial charge in [-0.05, 0) is 24.5 Å². The molecule has 0 aliphatic rings. The Morgan fingerprint density at radius 3 is 2.04 bits per heavy atom. The molecule has 0 spiro atoms. The van der Waals surface area contributed by atoms with E-state index in [-0.39, 0.29) is 5.91 Å². The zero-order valence-electron chi connectivity index (χ0n) is 16.8. The van der Waals surface area contributed by atoms with Crippen LogP contribution in [0.2, 0.25) is 0 Å². The van der Waals surface area contributed by atoms with Crippen molar-refractivity contribution < 1.29 is 19.0 Å². The average molecular weight is 372 g/mol. The molecule has 0 aliphatic heterocycles. The first kappa shape index (κ1) is 20.4. The fourth-order valence-corrected chi connectivity index (χ4v) is 2.84. The second-order valence-electron chi connectivity index (χ2n) is 6.51. The molecule has 1 unspecified atom stereocenters. The number of nitrogens with one attached hydrogen (secondary N) is 2. The van der Waals surface area contributed by atoms with E-state index < -0.39 is 6.04 Å². The first-order valence-electron chi connectivity index (χ1n) is 8.87. The Morgan fingerprint density at radius 1 is 0.926 bits per heavy atom. The van der Waals surface area contributed by atoms with E-state index in [4.69, 9.17) is 14.2 Å². The highest BCUT2D eigenvalue weighted by atomic mass is 16.5. The lowest BCUT2D eigenvalue weighted by atomic mass is 10.0. The first-order valence-corrected chi connectivity index (χ1v) is 8.87. The maximum absolute atomic E-state index is 12.7. The lowest BCUT2D eigenvalue weighted by Crippen LogP contribution is -2.32. The standard InChI is InChI=1S/C21H28N2O4/c1-13(2)16-9-7-8-10-17(16)23-21(24)14(3)22-15-11-18(25-4)20(27-6)19(12-15)26-5/h7-14,22H,1-6H3,(H,23,24). The molecule has 1 atom stereocenters. The van der Waals surface area contributed by atoms with Crippen LogP contribution in [0.5, 0.6) is 17.2 Å². The summed E-state index contributed by atoms with van der Waals surface area (Å²) in [6, 6.07) is 10.9. The minimum atomic E-state index is -0.465. The van der Waals surface area contributed by atoms with Gasteiger partial charge in [0.25, 0.3) is 0 Å². The third kappa shape index (κ3) is 4.84. The van der Waals surface area contributed by atoms with Crippen LogP contribution in [-0.2, 0) is 4.79 Å². The monoisotopic (exact) mass is 372 g/mol. The quantitative estimate of drug-likeness (QED) is 0.724. The molecule has 2 aromatic carbocycles. The summed E-state index contributed by atoms with van der Waals surface area (Å²) >= 11 is 0. The van der Waals surface area contributed by atoms with E-state index in [1.54, 1.807) is 40.4 Å². The van der Waals surface area contributed by atoms with Gasteiger partial charge in [-0.3, -0.25) is 4.79 Å². The summed E-state index contributed by atoms with van der Waals surface area (Å²) in [5, 5.41) is 6.19. The van der Waals surface area contributed by atoms with Crippen molar-refractivity contribution in [1.29, 1.82) is 0 Å². The van der Waals surface area contributed by atoms with Gasteiger partial charge in [0.1, 0.15) is 6.04 Å². The third-order valence-electron chi connectivity index (χ3n) is 4.28. The highest BCUT2D eigenvalue weighted by Crippen LogP contribution is 2.40. The summed E-state index contributed by atoms with van der Waals surface area (Å²) in [7, 11) is 4.66. The van der Waals surface area contributed by atoms with Gasteiger partial charge in [-0.25, -0.2) is 0 Å². The fraction of sp³-hybridized carbons (Fsp3) is 0.381. The molecule has 0 saturated heterocycles. The van der Waals surface area contributed by atoms with Gasteiger partial charge in [0.05, 0.1) is 21.3 Å². The van der Waals surface area contributed by atoms with Crippen molar-refractivity contribution >= 4 is 17.3 Å². The number of methoxy groups -OCH3 is 3. The van der Waals surface area contributed by atoms with Gasteiger partial charge in [-0.15, -0.1) is 0 Å². The van der Waals surface area contributed by atoms with E-state index in [1.165, 1.54) is 0 Å². The van der Waals surface area contributed by atoms with Gasteiger partial charge in [0.15, 0.2) is 11.5 Å². The van der Waals surface area contributed by atoms with Gasteiger partial charge in [-0.2, -0.15) is 0 Å². The minimum absolute atomic E-state index is 0.128. The molecule has 2 rings (SSSR count). The van der Waals surface area contributed by atoms with E-state index in [0.717, 1.165) is 11.3 Å². The molecule has 0 aromatic heterocycles. The summed E-state index contributed by atoms with van der Waals surface area (Å²) in [4.78, 5) is 12.7. The Kier molecular flexibility index (Phi) is 6.93. The molecule has 0 aliphatic carbocycles. The van der Waals surface area contributed by atoms with Crippen LogP contribution >= 0.6 is 0 Å². The molecule has 0 fully saturated rings. The van der Waals surface area contributed by atoms with E-state index in [9.17, 15) is 4.79 Å². The molecule has 27 heavy (non-hydrogen) atoms. The number of rotatable bonds is 8. The lowest BCUT2D eigenvalue weighted by Gasteiger charge is -2.20. The zero-order valence-corrected chi connectivity index (χ0v) is 16.8. The van der Waals surface area contributed by atoms with Crippen molar-refractivity contribution in [2.24, 2.45) is 0 Å². The molecule has 2 aromatic rings. The molecule has 0 heterocycles. The largest absolute Gasteiger partial charge is 0.493 e. The Bertz CT molecular complexity index is 764. The SMILES string of the molecule is COc1cc(NC(C)C(=O)Nc2ccccc2C(C)C)cc(OC)c1OC. The highest BCUT2D eigenvalue weighted by Gasteiger charge is 2.18. The van der Waals surface area contributed by atoms with Crippen LogP contribution in [0.4, 0.5) is 11.4 Å². The minimum Gasteiger partial charge on any atom is -0.493 e. The summed E-state index contributed by atoms with van der Waals surface area (Å²) in [5.41, 5.74) is 2.63. The Hall–Kier alpha value is -2.89.